The molecule has 2 aliphatic heterocycles. The fourth-order valence-corrected chi connectivity index (χ4v) is 4.81. The van der Waals surface area contributed by atoms with E-state index in [2.05, 4.69) is 17.1 Å². The standard InChI is InChI=1S/C23H34Cl2N4O2/c1-17-6-12-27(13-7-17)10-3-11-29(20-8-14-28(15-9-20)18(2)30)23(31)26-22-16-19(24)4-5-21(22)25/h4-5,16-17,20H,3,6-15H2,1-2H3,(H,26,31). The predicted octanol–water partition coefficient (Wildman–Crippen LogP) is 4.96. The Morgan fingerprint density at radius 1 is 1.10 bits per heavy atom. The molecule has 1 N–H and O–H groups in total. The van der Waals surface area contributed by atoms with Crippen molar-refractivity contribution in [1.82, 2.24) is 14.7 Å². The van der Waals surface area contributed by atoms with Gasteiger partial charge in [-0.15, -0.1) is 0 Å². The Kier molecular flexibility index (Phi) is 8.87. The number of hydrogen-bond acceptors (Lipinski definition) is 3. The number of nitrogens with zero attached hydrogens (tertiary/aromatic N) is 3. The third-order valence-electron chi connectivity index (χ3n) is 6.53. The highest BCUT2D eigenvalue weighted by atomic mass is 35.5. The maximum Gasteiger partial charge on any atom is 0.322 e. The van der Waals surface area contributed by atoms with Crippen LogP contribution in [0, 0.1) is 5.92 Å². The van der Waals surface area contributed by atoms with Crippen LogP contribution in [-0.4, -0.2) is 71.9 Å². The lowest BCUT2D eigenvalue weighted by molar-refractivity contribution is -0.130. The third-order valence-corrected chi connectivity index (χ3v) is 7.10. The summed E-state index contributed by atoms with van der Waals surface area (Å²) in [4.78, 5) is 31.2. The smallest absolute Gasteiger partial charge is 0.322 e. The Morgan fingerprint density at radius 2 is 1.77 bits per heavy atom. The number of rotatable bonds is 6. The minimum absolute atomic E-state index is 0.0967. The number of amides is 3. The van der Waals surface area contributed by atoms with Gasteiger partial charge in [0, 0.05) is 37.6 Å². The molecular weight excluding hydrogens is 435 g/mol. The molecule has 2 saturated heterocycles. The molecule has 8 heteroatoms. The number of likely N-dealkylation sites (tertiary alicyclic amines) is 2. The maximum absolute atomic E-state index is 13.2. The van der Waals surface area contributed by atoms with E-state index in [-0.39, 0.29) is 18.0 Å². The van der Waals surface area contributed by atoms with Crippen molar-refractivity contribution >= 4 is 40.8 Å². The van der Waals surface area contributed by atoms with Crippen LogP contribution in [-0.2, 0) is 4.79 Å². The summed E-state index contributed by atoms with van der Waals surface area (Å²) in [6.07, 6.45) is 5.01. The highest BCUT2D eigenvalue weighted by Gasteiger charge is 2.29. The van der Waals surface area contributed by atoms with Crippen LogP contribution in [0.5, 0.6) is 0 Å². The first-order valence-corrected chi connectivity index (χ1v) is 12.1. The van der Waals surface area contributed by atoms with E-state index in [0.29, 0.717) is 35.4 Å². The molecule has 3 rings (SSSR count). The van der Waals surface area contributed by atoms with Crippen molar-refractivity contribution in [2.75, 3.05) is 44.6 Å². The molecule has 1 aromatic carbocycles. The second-order valence-corrected chi connectivity index (χ2v) is 9.71. The van der Waals surface area contributed by atoms with E-state index in [4.69, 9.17) is 23.2 Å². The molecule has 3 amide bonds. The fraction of sp³-hybridized carbons (Fsp3) is 0.652. The van der Waals surface area contributed by atoms with E-state index in [1.165, 1.54) is 12.8 Å². The Morgan fingerprint density at radius 3 is 2.42 bits per heavy atom. The molecule has 0 saturated carbocycles. The monoisotopic (exact) mass is 468 g/mol. The first kappa shape index (κ1) is 24.1. The van der Waals surface area contributed by atoms with Crippen molar-refractivity contribution in [3.63, 3.8) is 0 Å². The van der Waals surface area contributed by atoms with Gasteiger partial charge in [-0.25, -0.2) is 4.79 Å². The number of carbonyl (C=O) groups excluding carboxylic acids is 2. The van der Waals surface area contributed by atoms with Gasteiger partial charge >= 0.3 is 6.03 Å². The van der Waals surface area contributed by atoms with E-state index >= 15 is 0 Å². The van der Waals surface area contributed by atoms with Crippen molar-refractivity contribution in [1.29, 1.82) is 0 Å². The van der Waals surface area contributed by atoms with E-state index in [9.17, 15) is 9.59 Å². The van der Waals surface area contributed by atoms with Gasteiger partial charge in [-0.05, 0) is 75.9 Å². The van der Waals surface area contributed by atoms with Crippen LogP contribution >= 0.6 is 23.2 Å². The van der Waals surface area contributed by atoms with Gasteiger partial charge in [0.2, 0.25) is 5.91 Å². The Labute approximate surface area is 195 Å². The first-order chi connectivity index (χ1) is 14.8. The predicted molar refractivity (Wildman–Crippen MR) is 127 cm³/mol. The SMILES string of the molecule is CC(=O)N1CCC(N(CCCN2CCC(C)CC2)C(=O)Nc2cc(Cl)ccc2Cl)CC1. The van der Waals surface area contributed by atoms with Crippen molar-refractivity contribution in [3.05, 3.63) is 28.2 Å². The number of carbonyl (C=O) groups is 2. The number of hydrogen-bond donors (Lipinski definition) is 1. The average Bonchev–Trinajstić information content (AvgIpc) is 2.75. The second kappa shape index (κ2) is 11.4. The topological polar surface area (TPSA) is 55.9 Å². The van der Waals surface area contributed by atoms with Gasteiger partial charge in [-0.3, -0.25) is 4.79 Å². The highest BCUT2D eigenvalue weighted by molar-refractivity contribution is 6.35. The van der Waals surface area contributed by atoms with Crippen LogP contribution in [0.25, 0.3) is 0 Å². The molecule has 0 aliphatic carbocycles. The van der Waals surface area contributed by atoms with Gasteiger partial charge in [0.05, 0.1) is 10.7 Å². The van der Waals surface area contributed by atoms with Gasteiger partial charge in [0.15, 0.2) is 0 Å². The molecule has 31 heavy (non-hydrogen) atoms. The maximum atomic E-state index is 13.2. The molecule has 0 radical (unpaired) electrons. The largest absolute Gasteiger partial charge is 0.343 e. The summed E-state index contributed by atoms with van der Waals surface area (Å²) in [5.74, 6) is 0.909. The Hall–Kier alpha value is -1.50. The normalized spacial score (nSPS) is 18.8. The molecule has 2 aliphatic rings. The fourth-order valence-electron chi connectivity index (χ4n) is 4.47. The van der Waals surface area contributed by atoms with Gasteiger partial charge in [0.1, 0.15) is 0 Å². The molecule has 0 aromatic heterocycles. The molecule has 0 atom stereocenters. The zero-order valence-electron chi connectivity index (χ0n) is 18.6. The average molecular weight is 469 g/mol. The molecule has 2 fully saturated rings. The van der Waals surface area contributed by atoms with Crippen molar-refractivity contribution in [2.24, 2.45) is 5.92 Å². The van der Waals surface area contributed by atoms with Crippen molar-refractivity contribution in [2.45, 2.75) is 52.0 Å². The number of piperidine rings is 2. The number of urea groups is 1. The van der Waals surface area contributed by atoms with E-state index in [0.717, 1.165) is 44.8 Å². The van der Waals surface area contributed by atoms with Crippen molar-refractivity contribution in [3.8, 4) is 0 Å². The van der Waals surface area contributed by atoms with Crippen LogP contribution in [0.2, 0.25) is 10.0 Å². The quantitative estimate of drug-likeness (QED) is 0.641. The lowest BCUT2D eigenvalue weighted by atomic mass is 9.99. The minimum atomic E-state index is -0.155. The summed E-state index contributed by atoms with van der Waals surface area (Å²) in [5, 5.41) is 3.95. The van der Waals surface area contributed by atoms with Gasteiger partial charge in [-0.1, -0.05) is 30.1 Å². The van der Waals surface area contributed by atoms with Crippen LogP contribution < -0.4 is 5.32 Å². The lowest BCUT2D eigenvalue weighted by Crippen LogP contribution is -2.50. The molecule has 0 bridgehead atoms. The Balaban J connectivity index is 1.62. The van der Waals surface area contributed by atoms with E-state index in [1.807, 2.05) is 9.80 Å². The zero-order chi connectivity index (χ0) is 22.4. The molecule has 1 aromatic rings. The first-order valence-electron chi connectivity index (χ1n) is 11.3. The van der Waals surface area contributed by atoms with Crippen LogP contribution in [0.15, 0.2) is 18.2 Å². The van der Waals surface area contributed by atoms with E-state index < -0.39 is 0 Å². The zero-order valence-corrected chi connectivity index (χ0v) is 20.1. The molecule has 172 valence electrons. The van der Waals surface area contributed by atoms with Gasteiger partial charge < -0.3 is 20.0 Å². The number of halogens is 2. The summed E-state index contributed by atoms with van der Waals surface area (Å²) in [6, 6.07) is 5.02. The lowest BCUT2D eigenvalue weighted by Gasteiger charge is -2.39. The van der Waals surface area contributed by atoms with Gasteiger partial charge in [-0.2, -0.15) is 0 Å². The van der Waals surface area contributed by atoms with E-state index in [1.54, 1.807) is 25.1 Å². The Bertz CT molecular complexity index is 760. The van der Waals surface area contributed by atoms with Crippen molar-refractivity contribution < 1.29 is 9.59 Å². The summed E-state index contributed by atoms with van der Waals surface area (Å²) >= 11 is 12.3. The molecule has 2 heterocycles. The summed E-state index contributed by atoms with van der Waals surface area (Å²) in [5.41, 5.74) is 0.523. The van der Waals surface area contributed by atoms with Crippen LogP contribution in [0.4, 0.5) is 10.5 Å². The molecule has 0 spiro atoms. The number of nitrogens with one attached hydrogen (secondary N) is 1. The summed E-state index contributed by atoms with van der Waals surface area (Å²) in [7, 11) is 0. The molecule has 6 nitrogen and oxygen atoms in total. The number of benzene rings is 1. The summed E-state index contributed by atoms with van der Waals surface area (Å²) in [6.45, 7) is 9.26. The summed E-state index contributed by atoms with van der Waals surface area (Å²) < 4.78 is 0. The highest BCUT2D eigenvalue weighted by Crippen LogP contribution is 2.27. The third kappa shape index (κ3) is 6.99. The molecular formula is C23H34Cl2N4O2. The second-order valence-electron chi connectivity index (χ2n) is 8.86. The molecule has 0 unspecified atom stereocenters. The number of anilines is 1. The van der Waals surface area contributed by atoms with Crippen LogP contribution in [0.1, 0.15) is 46.0 Å². The van der Waals surface area contributed by atoms with Gasteiger partial charge in [0.25, 0.3) is 0 Å². The van der Waals surface area contributed by atoms with Crippen LogP contribution in [0.3, 0.4) is 0 Å². The minimum Gasteiger partial charge on any atom is -0.343 e.